The van der Waals surface area contributed by atoms with Gasteiger partial charge in [-0.15, -0.1) is 0 Å². The number of carbonyl (C=O) groups is 1. The van der Waals surface area contributed by atoms with Gasteiger partial charge in [-0.05, 0) is 49.2 Å². The second-order valence-corrected chi connectivity index (χ2v) is 4.96. The summed E-state index contributed by atoms with van der Waals surface area (Å²) in [5.74, 6) is 0.359. The maximum atomic E-state index is 12.2. The summed E-state index contributed by atoms with van der Waals surface area (Å²) in [5, 5.41) is 3.31. The second kappa shape index (κ2) is 5.97. The van der Waals surface area contributed by atoms with Crippen molar-refractivity contribution in [2.45, 2.75) is 13.8 Å². The third-order valence-corrected chi connectivity index (χ3v) is 3.56. The van der Waals surface area contributed by atoms with Crippen molar-refractivity contribution in [1.82, 2.24) is 0 Å². The van der Waals surface area contributed by atoms with Gasteiger partial charge in [-0.2, -0.15) is 0 Å². The van der Waals surface area contributed by atoms with Gasteiger partial charge in [0.15, 0.2) is 0 Å². The molecule has 2 rings (SSSR count). The summed E-state index contributed by atoms with van der Waals surface area (Å²) >= 11 is 6.03. The van der Waals surface area contributed by atoms with Gasteiger partial charge in [-0.25, -0.2) is 0 Å². The Morgan fingerprint density at radius 3 is 2.60 bits per heavy atom. The van der Waals surface area contributed by atoms with Crippen LogP contribution in [0.5, 0.6) is 5.75 Å². The first-order valence-electron chi connectivity index (χ1n) is 6.24. The number of nitrogens with one attached hydrogen (secondary N) is 1. The van der Waals surface area contributed by atoms with Crippen LogP contribution < -0.4 is 10.1 Å². The lowest BCUT2D eigenvalue weighted by Crippen LogP contribution is -2.13. The molecule has 0 aliphatic carbocycles. The minimum Gasteiger partial charge on any atom is -0.495 e. The maximum absolute atomic E-state index is 12.2. The van der Waals surface area contributed by atoms with Crippen molar-refractivity contribution in [2.24, 2.45) is 0 Å². The molecule has 0 aliphatic rings. The summed E-state index contributed by atoms with van der Waals surface area (Å²) in [6, 6.07) is 10.8. The van der Waals surface area contributed by atoms with Gasteiger partial charge in [0.2, 0.25) is 0 Å². The number of methoxy groups -OCH3 is 1. The van der Waals surface area contributed by atoms with Gasteiger partial charge >= 0.3 is 0 Å². The highest BCUT2D eigenvalue weighted by Gasteiger charge is 2.11. The lowest BCUT2D eigenvalue weighted by atomic mass is 10.1. The van der Waals surface area contributed by atoms with Crippen LogP contribution >= 0.6 is 11.6 Å². The molecule has 1 amide bonds. The molecule has 0 saturated carbocycles. The van der Waals surface area contributed by atoms with E-state index in [2.05, 4.69) is 5.32 Å². The van der Waals surface area contributed by atoms with Crippen molar-refractivity contribution >= 4 is 23.2 Å². The van der Waals surface area contributed by atoms with Crippen LogP contribution in [0.3, 0.4) is 0 Å². The largest absolute Gasteiger partial charge is 0.495 e. The Balaban J connectivity index is 2.24. The number of ether oxygens (including phenoxy) is 1. The van der Waals surface area contributed by atoms with Gasteiger partial charge in [0.25, 0.3) is 5.91 Å². The van der Waals surface area contributed by atoms with Crippen LogP contribution in [0.4, 0.5) is 5.69 Å². The minimum atomic E-state index is -0.191. The van der Waals surface area contributed by atoms with Crippen molar-refractivity contribution in [3.8, 4) is 5.75 Å². The van der Waals surface area contributed by atoms with E-state index in [1.54, 1.807) is 18.2 Å². The van der Waals surface area contributed by atoms with E-state index < -0.39 is 0 Å². The Morgan fingerprint density at radius 1 is 1.20 bits per heavy atom. The van der Waals surface area contributed by atoms with Crippen molar-refractivity contribution < 1.29 is 9.53 Å². The first-order chi connectivity index (χ1) is 9.52. The van der Waals surface area contributed by atoms with Crippen LogP contribution in [0.25, 0.3) is 0 Å². The highest BCUT2D eigenvalue weighted by molar-refractivity contribution is 6.32. The number of benzene rings is 2. The van der Waals surface area contributed by atoms with Crippen LogP contribution in [0.15, 0.2) is 36.4 Å². The van der Waals surface area contributed by atoms with Crippen LogP contribution in [0.2, 0.25) is 5.02 Å². The number of halogens is 1. The van der Waals surface area contributed by atoms with E-state index in [1.807, 2.05) is 32.0 Å². The van der Waals surface area contributed by atoms with E-state index >= 15 is 0 Å². The Kier molecular flexibility index (Phi) is 4.30. The second-order valence-electron chi connectivity index (χ2n) is 4.55. The van der Waals surface area contributed by atoms with Crippen molar-refractivity contribution in [3.63, 3.8) is 0 Å². The van der Waals surface area contributed by atoms with E-state index in [1.165, 1.54) is 7.11 Å². The van der Waals surface area contributed by atoms with Crippen molar-refractivity contribution in [3.05, 3.63) is 58.1 Å². The number of anilines is 1. The highest BCUT2D eigenvalue weighted by Crippen LogP contribution is 2.26. The van der Waals surface area contributed by atoms with Gasteiger partial charge in [-0.1, -0.05) is 23.7 Å². The van der Waals surface area contributed by atoms with Crippen molar-refractivity contribution in [2.75, 3.05) is 12.4 Å². The van der Waals surface area contributed by atoms with Gasteiger partial charge in [0, 0.05) is 11.3 Å². The molecule has 0 heterocycles. The van der Waals surface area contributed by atoms with E-state index in [4.69, 9.17) is 16.3 Å². The first kappa shape index (κ1) is 14.4. The first-order valence-corrected chi connectivity index (χ1v) is 6.62. The molecular formula is C16H16ClNO2. The van der Waals surface area contributed by atoms with Gasteiger partial charge in [-0.3, -0.25) is 4.79 Å². The van der Waals surface area contributed by atoms with Crippen LogP contribution in [-0.4, -0.2) is 13.0 Å². The molecule has 2 aromatic carbocycles. The summed E-state index contributed by atoms with van der Waals surface area (Å²) in [5.41, 5.74) is 3.50. The van der Waals surface area contributed by atoms with E-state index in [0.717, 1.165) is 16.8 Å². The lowest BCUT2D eigenvalue weighted by molar-refractivity contribution is 0.102. The summed E-state index contributed by atoms with van der Waals surface area (Å²) < 4.78 is 5.07. The fraction of sp³-hybridized carbons (Fsp3) is 0.188. The molecule has 0 unspecified atom stereocenters. The molecule has 4 heteroatoms. The monoisotopic (exact) mass is 289 g/mol. The van der Waals surface area contributed by atoms with E-state index in [0.29, 0.717) is 16.3 Å². The summed E-state index contributed by atoms with van der Waals surface area (Å²) in [6.45, 7) is 3.99. The number of aryl methyl sites for hydroxylation is 1. The molecule has 0 radical (unpaired) electrons. The molecule has 0 bridgehead atoms. The van der Waals surface area contributed by atoms with Crippen LogP contribution in [0.1, 0.15) is 21.5 Å². The zero-order valence-electron chi connectivity index (χ0n) is 11.7. The third-order valence-electron chi connectivity index (χ3n) is 3.27. The standard InChI is InChI=1S/C16H16ClNO2/c1-10-5-4-6-14(11(10)2)18-16(19)12-7-8-15(20-3)13(17)9-12/h4-9H,1-3H3,(H,18,19). The summed E-state index contributed by atoms with van der Waals surface area (Å²) in [6.07, 6.45) is 0. The van der Waals surface area contributed by atoms with E-state index in [9.17, 15) is 4.79 Å². The predicted molar refractivity (Wildman–Crippen MR) is 81.9 cm³/mol. The Hall–Kier alpha value is -2.00. The predicted octanol–water partition coefficient (Wildman–Crippen LogP) is 4.22. The topological polar surface area (TPSA) is 38.3 Å². The molecule has 20 heavy (non-hydrogen) atoms. The molecule has 0 fully saturated rings. The lowest BCUT2D eigenvalue weighted by Gasteiger charge is -2.11. The molecule has 2 aromatic rings. The average Bonchev–Trinajstić information content (AvgIpc) is 2.43. The molecule has 0 aromatic heterocycles. The summed E-state index contributed by atoms with van der Waals surface area (Å²) in [4.78, 5) is 12.2. The zero-order valence-corrected chi connectivity index (χ0v) is 12.4. The fourth-order valence-corrected chi connectivity index (χ4v) is 2.15. The molecule has 1 N–H and O–H groups in total. The van der Waals surface area contributed by atoms with Gasteiger partial charge in [0.05, 0.1) is 12.1 Å². The fourth-order valence-electron chi connectivity index (χ4n) is 1.89. The quantitative estimate of drug-likeness (QED) is 0.919. The number of hydrogen-bond acceptors (Lipinski definition) is 2. The number of carbonyl (C=O) groups excluding carboxylic acids is 1. The maximum Gasteiger partial charge on any atom is 0.255 e. The Labute approximate surface area is 123 Å². The van der Waals surface area contributed by atoms with Gasteiger partial charge in [0.1, 0.15) is 5.75 Å². The molecule has 104 valence electrons. The highest BCUT2D eigenvalue weighted by atomic mass is 35.5. The molecule has 3 nitrogen and oxygen atoms in total. The van der Waals surface area contributed by atoms with Gasteiger partial charge < -0.3 is 10.1 Å². The number of amides is 1. The number of rotatable bonds is 3. The third kappa shape index (κ3) is 2.94. The average molecular weight is 290 g/mol. The summed E-state index contributed by atoms with van der Waals surface area (Å²) in [7, 11) is 1.54. The SMILES string of the molecule is COc1ccc(C(=O)Nc2cccc(C)c2C)cc1Cl. The smallest absolute Gasteiger partial charge is 0.255 e. The van der Waals surface area contributed by atoms with Crippen molar-refractivity contribution in [1.29, 1.82) is 0 Å². The minimum absolute atomic E-state index is 0.191. The molecular weight excluding hydrogens is 274 g/mol. The molecule has 0 saturated heterocycles. The van der Waals surface area contributed by atoms with Crippen LogP contribution in [-0.2, 0) is 0 Å². The normalized spacial score (nSPS) is 10.2. The Morgan fingerprint density at radius 2 is 1.95 bits per heavy atom. The number of hydrogen-bond donors (Lipinski definition) is 1. The molecule has 0 aliphatic heterocycles. The molecule has 0 atom stereocenters. The Bertz CT molecular complexity index is 653. The zero-order chi connectivity index (χ0) is 14.7. The van der Waals surface area contributed by atoms with E-state index in [-0.39, 0.29) is 5.91 Å². The molecule has 0 spiro atoms. The van der Waals surface area contributed by atoms with Crippen LogP contribution in [0, 0.1) is 13.8 Å².